The number of carbonyl (C=O) groups excluding carboxylic acids is 3. The van der Waals surface area contributed by atoms with Crippen LogP contribution in [0, 0.1) is 0 Å². The van der Waals surface area contributed by atoms with Crippen LogP contribution in [-0.4, -0.2) is 57.9 Å². The Balaban J connectivity index is 1.34. The van der Waals surface area contributed by atoms with E-state index < -0.39 is 16.9 Å². The number of urea groups is 1. The Kier molecular flexibility index (Phi) is 7.03. The number of hydrogen-bond donors (Lipinski definition) is 2. The number of piperidine rings is 1. The molecule has 3 aliphatic heterocycles. The number of ether oxygens (including phenoxy) is 1. The third-order valence-electron chi connectivity index (χ3n) is 7.15. The molecule has 3 atom stereocenters. The Bertz CT molecular complexity index is 1300. The van der Waals surface area contributed by atoms with Crippen molar-refractivity contribution in [3.05, 3.63) is 47.7 Å². The number of likely N-dealkylation sites (tertiary alicyclic amines) is 1. The van der Waals surface area contributed by atoms with Gasteiger partial charge in [0.15, 0.2) is 0 Å². The zero-order chi connectivity index (χ0) is 28.1. The number of nitrogens with one attached hydrogen (secondary N) is 2. The van der Waals surface area contributed by atoms with E-state index >= 15 is 0 Å². The highest BCUT2D eigenvalue weighted by atomic mass is 32.2. The van der Waals surface area contributed by atoms with Crippen molar-refractivity contribution in [1.82, 2.24) is 20.5 Å². The number of benzene rings is 1. The lowest BCUT2D eigenvalue weighted by Gasteiger charge is -2.36. The molecule has 3 aliphatic rings. The standard InChI is InChI=1S/C29H37N5O4S/c1-28(2,3)17-9-7-11-19(15-17)34-20-12-13-30-25-21(20)22(32-26(34)36)23(39-25)24(35)31-18-10-8-14-33(16-18)27(37)38-29(4,5)6/h7,9,11-13,15,18,22-23H,8,10,14,16H2,1-6H3,(H,31,35)(H,32,36)/t18-,22?,23?/m1/s1. The van der Waals surface area contributed by atoms with Gasteiger partial charge in [0.25, 0.3) is 0 Å². The van der Waals surface area contributed by atoms with Crippen LogP contribution in [0.25, 0.3) is 0 Å². The molecule has 4 amide bonds. The van der Waals surface area contributed by atoms with Gasteiger partial charge in [-0.25, -0.2) is 14.6 Å². The normalized spacial score (nSPS) is 22.7. The van der Waals surface area contributed by atoms with Gasteiger partial charge in [0.05, 0.1) is 17.4 Å². The van der Waals surface area contributed by atoms with Crippen molar-refractivity contribution in [2.75, 3.05) is 18.0 Å². The Morgan fingerprint density at radius 1 is 1.15 bits per heavy atom. The fourth-order valence-electron chi connectivity index (χ4n) is 5.26. The van der Waals surface area contributed by atoms with Gasteiger partial charge >= 0.3 is 12.1 Å². The second kappa shape index (κ2) is 10.0. The average Bonchev–Trinajstić information content (AvgIpc) is 3.22. The van der Waals surface area contributed by atoms with Crippen LogP contribution in [0.15, 0.2) is 41.6 Å². The lowest BCUT2D eigenvalue weighted by atomic mass is 9.86. The number of hydrogen-bond acceptors (Lipinski definition) is 6. The molecular formula is C29H37N5O4S. The summed E-state index contributed by atoms with van der Waals surface area (Å²) in [5, 5.41) is 6.40. The number of aromatic nitrogens is 1. The van der Waals surface area contributed by atoms with E-state index in [-0.39, 0.29) is 29.5 Å². The van der Waals surface area contributed by atoms with E-state index in [0.717, 1.165) is 40.4 Å². The minimum absolute atomic E-state index is 0.0672. The molecule has 5 rings (SSSR count). The summed E-state index contributed by atoms with van der Waals surface area (Å²) in [6.45, 7) is 12.9. The highest BCUT2D eigenvalue weighted by molar-refractivity contribution is 8.01. The van der Waals surface area contributed by atoms with E-state index in [9.17, 15) is 14.4 Å². The third kappa shape index (κ3) is 5.57. The summed E-state index contributed by atoms with van der Waals surface area (Å²) >= 11 is 1.37. The quantitative estimate of drug-likeness (QED) is 0.539. The van der Waals surface area contributed by atoms with E-state index in [1.165, 1.54) is 11.8 Å². The SMILES string of the molecule is CC(C)(C)OC(=O)N1CCC[C@@H](NC(=O)C2Sc3nccc4c3C2NC(=O)N4c2cccc(C(C)(C)C)c2)C1. The van der Waals surface area contributed by atoms with Crippen LogP contribution in [0.4, 0.5) is 21.0 Å². The van der Waals surface area contributed by atoms with Crippen LogP contribution in [0.5, 0.6) is 0 Å². The number of amides is 4. The van der Waals surface area contributed by atoms with Crippen molar-refractivity contribution in [2.24, 2.45) is 0 Å². The maximum Gasteiger partial charge on any atom is 0.410 e. The number of anilines is 2. The monoisotopic (exact) mass is 551 g/mol. The van der Waals surface area contributed by atoms with Gasteiger partial charge in [0.1, 0.15) is 15.9 Å². The zero-order valence-corrected chi connectivity index (χ0v) is 24.2. The average molecular weight is 552 g/mol. The fraction of sp³-hybridized carbons (Fsp3) is 0.517. The largest absolute Gasteiger partial charge is 0.444 e. The number of nitrogens with zero attached hydrogens (tertiary/aromatic N) is 3. The van der Waals surface area contributed by atoms with Crippen LogP contribution in [0.2, 0.25) is 0 Å². The summed E-state index contributed by atoms with van der Waals surface area (Å²) in [5.41, 5.74) is 2.86. The fourth-order valence-corrected chi connectivity index (χ4v) is 6.50. The predicted octanol–water partition coefficient (Wildman–Crippen LogP) is 5.27. The van der Waals surface area contributed by atoms with Crippen LogP contribution >= 0.6 is 11.8 Å². The molecule has 1 saturated heterocycles. The van der Waals surface area contributed by atoms with Crippen LogP contribution in [0.3, 0.4) is 0 Å². The molecule has 2 aromatic rings. The minimum atomic E-state index is -0.578. The molecule has 4 heterocycles. The minimum Gasteiger partial charge on any atom is -0.444 e. The lowest BCUT2D eigenvalue weighted by molar-refractivity contribution is -0.122. The van der Waals surface area contributed by atoms with Crippen molar-refractivity contribution in [3.63, 3.8) is 0 Å². The summed E-state index contributed by atoms with van der Waals surface area (Å²) in [6, 6.07) is 8.88. The molecule has 10 heteroatoms. The van der Waals surface area contributed by atoms with Gasteiger partial charge < -0.3 is 20.3 Å². The first-order chi connectivity index (χ1) is 18.3. The van der Waals surface area contributed by atoms with E-state index in [1.807, 2.05) is 45.0 Å². The second-order valence-electron chi connectivity index (χ2n) is 12.4. The molecule has 0 saturated carbocycles. The van der Waals surface area contributed by atoms with Gasteiger partial charge in [-0.05, 0) is 62.8 Å². The molecule has 1 aromatic heterocycles. The molecule has 0 aliphatic carbocycles. The zero-order valence-electron chi connectivity index (χ0n) is 23.4. The number of pyridine rings is 1. The first kappa shape index (κ1) is 27.3. The molecule has 9 nitrogen and oxygen atoms in total. The van der Waals surface area contributed by atoms with Crippen LogP contribution in [0.1, 0.15) is 71.6 Å². The summed E-state index contributed by atoms with van der Waals surface area (Å²) in [6.07, 6.45) is 2.87. The molecular weight excluding hydrogens is 514 g/mol. The molecule has 0 radical (unpaired) electrons. The topological polar surface area (TPSA) is 104 Å². The first-order valence-corrected chi connectivity index (χ1v) is 14.3. The Hall–Kier alpha value is -3.27. The van der Waals surface area contributed by atoms with Crippen LogP contribution < -0.4 is 15.5 Å². The number of thioether (sulfide) groups is 1. The molecule has 2 unspecified atom stereocenters. The van der Waals surface area contributed by atoms with Crippen molar-refractivity contribution in [1.29, 1.82) is 0 Å². The maximum absolute atomic E-state index is 13.5. The third-order valence-corrected chi connectivity index (χ3v) is 8.44. The highest BCUT2D eigenvalue weighted by Gasteiger charge is 2.47. The van der Waals surface area contributed by atoms with Gasteiger partial charge in [-0.1, -0.05) is 44.7 Å². The summed E-state index contributed by atoms with van der Waals surface area (Å²) in [4.78, 5) is 47.5. The molecule has 1 fully saturated rings. The van der Waals surface area contributed by atoms with E-state index in [1.54, 1.807) is 16.0 Å². The van der Waals surface area contributed by atoms with Crippen LogP contribution in [-0.2, 0) is 14.9 Å². The molecule has 0 spiro atoms. The van der Waals surface area contributed by atoms with Crippen molar-refractivity contribution < 1.29 is 19.1 Å². The van der Waals surface area contributed by atoms with Gasteiger partial charge in [-0.2, -0.15) is 0 Å². The smallest absolute Gasteiger partial charge is 0.410 e. The lowest BCUT2D eigenvalue weighted by Crippen LogP contribution is -2.54. The Labute approximate surface area is 234 Å². The van der Waals surface area contributed by atoms with Gasteiger partial charge in [-0.3, -0.25) is 9.69 Å². The van der Waals surface area contributed by atoms with Gasteiger partial charge in [0.2, 0.25) is 5.91 Å². The van der Waals surface area contributed by atoms with Crippen molar-refractivity contribution in [3.8, 4) is 0 Å². The Morgan fingerprint density at radius 3 is 2.64 bits per heavy atom. The molecule has 2 N–H and O–H groups in total. The highest BCUT2D eigenvalue weighted by Crippen LogP contribution is 2.50. The second-order valence-corrected chi connectivity index (χ2v) is 13.6. The number of rotatable bonds is 3. The molecule has 1 aromatic carbocycles. The van der Waals surface area contributed by atoms with E-state index in [4.69, 9.17) is 4.74 Å². The van der Waals surface area contributed by atoms with E-state index in [0.29, 0.717) is 13.1 Å². The molecule has 0 bridgehead atoms. The van der Waals surface area contributed by atoms with Crippen molar-refractivity contribution >= 4 is 41.2 Å². The molecule has 208 valence electrons. The van der Waals surface area contributed by atoms with Crippen molar-refractivity contribution in [2.45, 2.75) is 87.8 Å². The summed E-state index contributed by atoms with van der Waals surface area (Å²) < 4.78 is 5.52. The maximum atomic E-state index is 13.5. The van der Waals surface area contributed by atoms with E-state index in [2.05, 4.69) is 42.5 Å². The summed E-state index contributed by atoms with van der Waals surface area (Å²) in [7, 11) is 0. The summed E-state index contributed by atoms with van der Waals surface area (Å²) in [5.74, 6) is -0.173. The first-order valence-electron chi connectivity index (χ1n) is 13.5. The Morgan fingerprint density at radius 2 is 1.92 bits per heavy atom. The van der Waals surface area contributed by atoms with Gasteiger partial charge in [0, 0.05) is 30.9 Å². The number of carbonyl (C=O) groups is 3. The van der Waals surface area contributed by atoms with Gasteiger partial charge in [-0.15, -0.1) is 0 Å². The predicted molar refractivity (Wildman–Crippen MR) is 151 cm³/mol. The molecule has 39 heavy (non-hydrogen) atoms.